The highest BCUT2D eigenvalue weighted by Gasteiger charge is 2.06. The fraction of sp³-hybridized carbons (Fsp3) is 0.273. The molecule has 1 aromatic heterocycles. The maximum atomic E-state index is 5.54. The quantitative estimate of drug-likeness (QED) is 0.790. The molecule has 3 nitrogen and oxygen atoms in total. The summed E-state index contributed by atoms with van der Waals surface area (Å²) in [7, 11) is 1.67. The number of rotatable bonds is 3. The lowest BCUT2D eigenvalue weighted by molar-refractivity contribution is 0.171. The van der Waals surface area contributed by atoms with Crippen LogP contribution in [0, 0.1) is 0 Å². The van der Waals surface area contributed by atoms with Crippen LogP contribution in [0.2, 0.25) is 0 Å². The molecule has 0 aliphatic heterocycles. The van der Waals surface area contributed by atoms with Crippen molar-refractivity contribution in [2.75, 3.05) is 13.7 Å². The Hall–Kier alpha value is -1.48. The summed E-state index contributed by atoms with van der Waals surface area (Å²) in [6, 6.07) is 10.3. The van der Waals surface area contributed by atoms with Gasteiger partial charge in [-0.3, -0.25) is 0 Å². The molecule has 0 bridgehead atoms. The van der Waals surface area contributed by atoms with Crippen LogP contribution in [-0.4, -0.2) is 18.4 Å². The van der Waals surface area contributed by atoms with Gasteiger partial charge in [0.05, 0.1) is 11.2 Å². The van der Waals surface area contributed by atoms with Crippen LogP contribution in [-0.2, 0) is 6.42 Å². The van der Waals surface area contributed by atoms with Gasteiger partial charge in [0.25, 0.3) is 0 Å². The normalized spacial score (nSPS) is 10.7. The highest BCUT2D eigenvalue weighted by atomic mass is 16.6. The SMILES string of the molecule is COn1c(CCN)cc2ccccc21. The summed E-state index contributed by atoms with van der Waals surface area (Å²) < 4.78 is 1.84. The molecule has 0 unspecified atom stereocenters. The second-order valence-corrected chi connectivity index (χ2v) is 3.21. The van der Waals surface area contributed by atoms with Crippen LogP contribution in [0.1, 0.15) is 5.69 Å². The molecule has 0 aliphatic rings. The molecule has 0 saturated carbocycles. The second kappa shape index (κ2) is 3.72. The lowest BCUT2D eigenvalue weighted by Gasteiger charge is -2.06. The third-order valence-corrected chi connectivity index (χ3v) is 2.32. The first kappa shape index (κ1) is 9.09. The Morgan fingerprint density at radius 2 is 2.14 bits per heavy atom. The third-order valence-electron chi connectivity index (χ3n) is 2.32. The van der Waals surface area contributed by atoms with Crippen molar-refractivity contribution >= 4 is 10.9 Å². The van der Waals surface area contributed by atoms with Gasteiger partial charge >= 0.3 is 0 Å². The summed E-state index contributed by atoms with van der Waals surface area (Å²) in [6.07, 6.45) is 0.836. The first-order chi connectivity index (χ1) is 6.86. The van der Waals surface area contributed by atoms with Crippen LogP contribution in [0.4, 0.5) is 0 Å². The van der Waals surface area contributed by atoms with E-state index in [1.165, 1.54) is 5.39 Å². The van der Waals surface area contributed by atoms with Gasteiger partial charge in [0.2, 0.25) is 0 Å². The van der Waals surface area contributed by atoms with Crippen LogP contribution in [0.25, 0.3) is 10.9 Å². The molecule has 0 spiro atoms. The number of para-hydroxylation sites is 1. The first-order valence-corrected chi connectivity index (χ1v) is 4.70. The molecule has 2 aromatic rings. The van der Waals surface area contributed by atoms with Gasteiger partial charge in [0, 0.05) is 11.8 Å². The fourth-order valence-electron chi connectivity index (χ4n) is 1.72. The number of hydrogen-bond acceptors (Lipinski definition) is 2. The van der Waals surface area contributed by atoms with Gasteiger partial charge in [-0.05, 0) is 18.7 Å². The third kappa shape index (κ3) is 1.36. The molecule has 0 fully saturated rings. The summed E-state index contributed by atoms with van der Waals surface area (Å²) in [5, 5.41) is 1.19. The minimum absolute atomic E-state index is 0.639. The molecule has 74 valence electrons. The summed E-state index contributed by atoms with van der Waals surface area (Å²) >= 11 is 0. The van der Waals surface area contributed by atoms with Crippen molar-refractivity contribution in [1.82, 2.24) is 4.73 Å². The molecule has 0 radical (unpaired) electrons. The largest absolute Gasteiger partial charge is 0.417 e. The minimum Gasteiger partial charge on any atom is -0.417 e. The molecule has 2 rings (SSSR count). The van der Waals surface area contributed by atoms with Gasteiger partial charge in [-0.1, -0.05) is 18.2 Å². The summed E-state index contributed by atoms with van der Waals surface area (Å²) in [4.78, 5) is 5.31. The van der Waals surface area contributed by atoms with E-state index in [0.29, 0.717) is 6.54 Å². The molecule has 3 heteroatoms. The number of nitrogens with zero attached hydrogens (tertiary/aromatic N) is 1. The lowest BCUT2D eigenvalue weighted by atomic mass is 10.2. The van der Waals surface area contributed by atoms with E-state index in [4.69, 9.17) is 10.6 Å². The Morgan fingerprint density at radius 1 is 1.36 bits per heavy atom. The van der Waals surface area contributed by atoms with Crippen molar-refractivity contribution in [3.8, 4) is 0 Å². The zero-order valence-corrected chi connectivity index (χ0v) is 8.23. The van der Waals surface area contributed by atoms with E-state index in [1.54, 1.807) is 7.11 Å². The molecule has 1 heterocycles. The maximum absolute atomic E-state index is 5.54. The monoisotopic (exact) mass is 190 g/mol. The molecule has 1 aromatic carbocycles. The fourth-order valence-corrected chi connectivity index (χ4v) is 1.72. The topological polar surface area (TPSA) is 40.2 Å². The maximum Gasteiger partial charge on any atom is 0.104 e. The molecule has 2 N–H and O–H groups in total. The predicted molar refractivity (Wildman–Crippen MR) is 57.2 cm³/mol. The van der Waals surface area contributed by atoms with Crippen LogP contribution in [0.5, 0.6) is 0 Å². The van der Waals surface area contributed by atoms with Crippen LogP contribution < -0.4 is 10.6 Å². The van der Waals surface area contributed by atoms with Crippen molar-refractivity contribution in [3.05, 3.63) is 36.0 Å². The number of aromatic nitrogens is 1. The van der Waals surface area contributed by atoms with Gasteiger partial charge in [0.15, 0.2) is 0 Å². The summed E-state index contributed by atoms with van der Waals surface area (Å²) in [5.41, 5.74) is 7.75. The molecule has 14 heavy (non-hydrogen) atoms. The van der Waals surface area contributed by atoms with Gasteiger partial charge < -0.3 is 10.6 Å². The van der Waals surface area contributed by atoms with Crippen LogP contribution >= 0.6 is 0 Å². The Kier molecular flexibility index (Phi) is 2.41. The summed E-state index contributed by atoms with van der Waals surface area (Å²) in [5.74, 6) is 0. The number of fused-ring (bicyclic) bond motifs is 1. The Bertz CT molecular complexity index is 434. The van der Waals surface area contributed by atoms with Crippen molar-refractivity contribution in [2.24, 2.45) is 5.73 Å². The van der Waals surface area contributed by atoms with Crippen LogP contribution in [0.15, 0.2) is 30.3 Å². The van der Waals surface area contributed by atoms with E-state index in [-0.39, 0.29) is 0 Å². The van der Waals surface area contributed by atoms with Gasteiger partial charge in [-0.15, -0.1) is 0 Å². The second-order valence-electron chi connectivity index (χ2n) is 3.21. The molecule has 0 saturated heterocycles. The van der Waals surface area contributed by atoms with Gasteiger partial charge in [-0.2, -0.15) is 4.73 Å². The molecule has 0 aliphatic carbocycles. The average molecular weight is 190 g/mol. The first-order valence-electron chi connectivity index (χ1n) is 4.70. The highest BCUT2D eigenvalue weighted by molar-refractivity contribution is 5.80. The zero-order valence-electron chi connectivity index (χ0n) is 8.23. The highest BCUT2D eigenvalue weighted by Crippen LogP contribution is 2.18. The number of benzene rings is 1. The minimum atomic E-state index is 0.639. The number of nitrogens with two attached hydrogens (primary N) is 1. The Morgan fingerprint density at radius 3 is 2.86 bits per heavy atom. The van der Waals surface area contributed by atoms with E-state index in [0.717, 1.165) is 17.6 Å². The van der Waals surface area contributed by atoms with E-state index in [9.17, 15) is 0 Å². The predicted octanol–water partition coefficient (Wildman–Crippen LogP) is 1.20. The lowest BCUT2D eigenvalue weighted by Crippen LogP contribution is -2.13. The van der Waals surface area contributed by atoms with Crippen molar-refractivity contribution < 1.29 is 4.84 Å². The van der Waals surface area contributed by atoms with E-state index < -0.39 is 0 Å². The zero-order chi connectivity index (χ0) is 9.97. The van der Waals surface area contributed by atoms with E-state index in [1.807, 2.05) is 22.9 Å². The molecule has 0 atom stereocenters. The van der Waals surface area contributed by atoms with Gasteiger partial charge in [-0.25, -0.2) is 0 Å². The van der Waals surface area contributed by atoms with E-state index >= 15 is 0 Å². The number of hydrogen-bond donors (Lipinski definition) is 1. The van der Waals surface area contributed by atoms with Crippen molar-refractivity contribution in [1.29, 1.82) is 0 Å². The van der Waals surface area contributed by atoms with Crippen molar-refractivity contribution in [2.45, 2.75) is 6.42 Å². The smallest absolute Gasteiger partial charge is 0.104 e. The standard InChI is InChI=1S/C11H14N2O/c1-14-13-10(6-7-12)8-9-4-2-3-5-11(9)13/h2-5,8H,6-7,12H2,1H3. The van der Waals surface area contributed by atoms with Crippen molar-refractivity contribution in [3.63, 3.8) is 0 Å². The summed E-state index contributed by atoms with van der Waals surface area (Å²) in [6.45, 7) is 0.639. The molecular formula is C11H14N2O. The van der Waals surface area contributed by atoms with Crippen LogP contribution in [0.3, 0.4) is 0 Å². The Balaban J connectivity index is 2.60. The molecule has 0 amide bonds. The van der Waals surface area contributed by atoms with E-state index in [2.05, 4.69) is 12.1 Å². The Labute approximate surface area is 83.0 Å². The molecular weight excluding hydrogens is 176 g/mol. The van der Waals surface area contributed by atoms with Gasteiger partial charge in [0.1, 0.15) is 7.11 Å². The average Bonchev–Trinajstić information content (AvgIpc) is 2.55.